The van der Waals surface area contributed by atoms with E-state index < -0.39 is 0 Å². The van der Waals surface area contributed by atoms with E-state index in [2.05, 4.69) is 22.1 Å². The first-order valence-electron chi connectivity index (χ1n) is 5.05. The number of rotatable bonds is 4. The first kappa shape index (κ1) is 11.1. The number of nitrogens with two attached hydrogens (primary N) is 1. The Morgan fingerprint density at radius 3 is 2.81 bits per heavy atom. The quantitative estimate of drug-likeness (QED) is 0.820. The van der Waals surface area contributed by atoms with Gasteiger partial charge in [0.2, 0.25) is 0 Å². The molecule has 0 saturated heterocycles. The van der Waals surface area contributed by atoms with Crippen LogP contribution in [0.1, 0.15) is 11.1 Å². The van der Waals surface area contributed by atoms with E-state index in [9.17, 15) is 0 Å². The second kappa shape index (κ2) is 5.63. The number of thioether (sulfide) groups is 1. The third-order valence-electron chi connectivity index (χ3n) is 2.15. The van der Waals surface area contributed by atoms with E-state index in [0.717, 1.165) is 16.3 Å². The molecule has 0 amide bonds. The molecule has 2 aromatic rings. The Labute approximate surface area is 99.1 Å². The third-order valence-corrected chi connectivity index (χ3v) is 3.14. The van der Waals surface area contributed by atoms with E-state index in [0.29, 0.717) is 6.54 Å². The van der Waals surface area contributed by atoms with Gasteiger partial charge >= 0.3 is 0 Å². The minimum atomic E-state index is 0.587. The van der Waals surface area contributed by atoms with Gasteiger partial charge in [0.05, 0.1) is 6.20 Å². The van der Waals surface area contributed by atoms with E-state index in [-0.39, 0.29) is 0 Å². The highest BCUT2D eigenvalue weighted by Gasteiger charge is 1.98. The van der Waals surface area contributed by atoms with Gasteiger partial charge in [-0.05, 0) is 11.1 Å². The lowest BCUT2D eigenvalue weighted by molar-refractivity contribution is 1.05. The molecular weight excluding hydrogens is 218 g/mol. The number of nitrogens with zero attached hydrogens (tertiary/aromatic N) is 2. The minimum absolute atomic E-state index is 0.587. The molecule has 0 fully saturated rings. The molecule has 4 heteroatoms. The largest absolute Gasteiger partial charge is 0.326 e. The number of hydrogen-bond donors (Lipinski definition) is 1. The molecule has 0 bridgehead atoms. The Morgan fingerprint density at radius 1 is 1.19 bits per heavy atom. The van der Waals surface area contributed by atoms with Crippen molar-refractivity contribution in [2.24, 2.45) is 5.73 Å². The maximum atomic E-state index is 5.60. The fraction of sp³-hybridized carbons (Fsp3) is 0.167. The average Bonchev–Trinajstić information content (AvgIpc) is 2.38. The average molecular weight is 231 g/mol. The highest BCUT2D eigenvalue weighted by Crippen LogP contribution is 2.19. The van der Waals surface area contributed by atoms with Gasteiger partial charge in [-0.2, -0.15) is 0 Å². The van der Waals surface area contributed by atoms with E-state index in [4.69, 9.17) is 5.73 Å². The van der Waals surface area contributed by atoms with E-state index in [1.807, 2.05) is 12.1 Å². The van der Waals surface area contributed by atoms with Gasteiger partial charge in [-0.1, -0.05) is 24.3 Å². The molecule has 0 unspecified atom stereocenters. The first-order chi connectivity index (χ1) is 7.88. The Hall–Kier alpha value is -1.39. The van der Waals surface area contributed by atoms with Crippen LogP contribution < -0.4 is 5.73 Å². The van der Waals surface area contributed by atoms with Gasteiger partial charge in [-0.3, -0.25) is 4.98 Å². The lowest BCUT2D eigenvalue weighted by Gasteiger charge is -2.03. The highest BCUT2D eigenvalue weighted by molar-refractivity contribution is 7.98. The molecule has 0 saturated carbocycles. The molecule has 2 N–H and O–H groups in total. The van der Waals surface area contributed by atoms with Gasteiger partial charge in [0.1, 0.15) is 5.03 Å². The Kier molecular flexibility index (Phi) is 3.91. The molecule has 0 aliphatic heterocycles. The normalized spacial score (nSPS) is 10.3. The first-order valence-corrected chi connectivity index (χ1v) is 6.04. The van der Waals surface area contributed by atoms with Crippen LogP contribution >= 0.6 is 11.8 Å². The maximum Gasteiger partial charge on any atom is 0.115 e. The topological polar surface area (TPSA) is 51.8 Å². The molecule has 2 rings (SSSR count). The summed E-state index contributed by atoms with van der Waals surface area (Å²) in [6, 6.07) is 8.30. The smallest absolute Gasteiger partial charge is 0.115 e. The summed E-state index contributed by atoms with van der Waals surface area (Å²) in [5, 5.41) is 0.945. The van der Waals surface area contributed by atoms with E-state index in [1.54, 1.807) is 30.4 Å². The van der Waals surface area contributed by atoms with Crippen LogP contribution in [0.2, 0.25) is 0 Å². The zero-order valence-corrected chi connectivity index (χ0v) is 9.65. The van der Waals surface area contributed by atoms with Gasteiger partial charge in [0.15, 0.2) is 0 Å². The van der Waals surface area contributed by atoms with Gasteiger partial charge in [0.25, 0.3) is 0 Å². The van der Waals surface area contributed by atoms with Crippen LogP contribution in [0.3, 0.4) is 0 Å². The Bertz CT molecular complexity index is 445. The molecule has 0 radical (unpaired) electrons. The number of hydrogen-bond acceptors (Lipinski definition) is 4. The van der Waals surface area contributed by atoms with Gasteiger partial charge < -0.3 is 5.73 Å². The molecule has 16 heavy (non-hydrogen) atoms. The SMILES string of the molecule is NCc1cccc(CSc2cnccn2)c1. The third kappa shape index (κ3) is 3.05. The summed E-state index contributed by atoms with van der Waals surface area (Å²) in [5.74, 6) is 0.895. The molecule has 1 heterocycles. The molecule has 0 aliphatic carbocycles. The lowest BCUT2D eigenvalue weighted by atomic mass is 10.1. The monoisotopic (exact) mass is 231 g/mol. The van der Waals surface area contributed by atoms with E-state index >= 15 is 0 Å². The zero-order chi connectivity index (χ0) is 11.2. The summed E-state index contributed by atoms with van der Waals surface area (Å²) in [6.07, 6.45) is 5.16. The molecule has 0 spiro atoms. The maximum absolute atomic E-state index is 5.60. The van der Waals surface area contributed by atoms with Crippen molar-refractivity contribution < 1.29 is 0 Å². The summed E-state index contributed by atoms with van der Waals surface area (Å²) >= 11 is 1.68. The second-order valence-electron chi connectivity index (χ2n) is 3.36. The molecule has 3 nitrogen and oxygen atoms in total. The molecule has 0 atom stereocenters. The summed E-state index contributed by atoms with van der Waals surface area (Å²) in [5.41, 5.74) is 8.02. The van der Waals surface area contributed by atoms with Crippen molar-refractivity contribution in [2.45, 2.75) is 17.3 Å². The number of aromatic nitrogens is 2. The minimum Gasteiger partial charge on any atom is -0.326 e. The molecule has 1 aromatic carbocycles. The van der Waals surface area contributed by atoms with Crippen molar-refractivity contribution >= 4 is 11.8 Å². The van der Waals surface area contributed by atoms with Crippen LogP contribution in [0, 0.1) is 0 Å². The molecule has 82 valence electrons. The van der Waals surface area contributed by atoms with Crippen LogP contribution in [0.15, 0.2) is 47.9 Å². The second-order valence-corrected chi connectivity index (χ2v) is 4.35. The molecule has 1 aromatic heterocycles. The van der Waals surface area contributed by atoms with Crippen LogP contribution in [-0.2, 0) is 12.3 Å². The Balaban J connectivity index is 1.99. The van der Waals surface area contributed by atoms with Crippen molar-refractivity contribution in [2.75, 3.05) is 0 Å². The summed E-state index contributed by atoms with van der Waals surface area (Å²) < 4.78 is 0. The van der Waals surface area contributed by atoms with Crippen molar-refractivity contribution in [3.8, 4) is 0 Å². The molecular formula is C12H13N3S. The van der Waals surface area contributed by atoms with Crippen LogP contribution in [0.4, 0.5) is 0 Å². The van der Waals surface area contributed by atoms with Crippen molar-refractivity contribution in [3.63, 3.8) is 0 Å². The van der Waals surface area contributed by atoms with Crippen LogP contribution in [-0.4, -0.2) is 9.97 Å². The van der Waals surface area contributed by atoms with E-state index in [1.165, 1.54) is 5.56 Å². The summed E-state index contributed by atoms with van der Waals surface area (Å²) in [4.78, 5) is 8.24. The summed E-state index contributed by atoms with van der Waals surface area (Å²) in [7, 11) is 0. The van der Waals surface area contributed by atoms with Crippen LogP contribution in [0.5, 0.6) is 0 Å². The van der Waals surface area contributed by atoms with Crippen LogP contribution in [0.25, 0.3) is 0 Å². The fourth-order valence-corrected chi connectivity index (χ4v) is 2.13. The predicted molar refractivity (Wildman–Crippen MR) is 65.9 cm³/mol. The van der Waals surface area contributed by atoms with Crippen molar-refractivity contribution in [3.05, 3.63) is 54.0 Å². The predicted octanol–water partition coefficient (Wildman–Crippen LogP) is 2.23. The standard InChI is InChI=1S/C12H13N3S/c13-7-10-2-1-3-11(6-10)9-16-12-8-14-4-5-15-12/h1-6,8H,7,9,13H2. The van der Waals surface area contributed by atoms with Gasteiger partial charge in [-0.15, -0.1) is 11.8 Å². The van der Waals surface area contributed by atoms with Crippen molar-refractivity contribution in [1.82, 2.24) is 9.97 Å². The fourth-order valence-electron chi connectivity index (χ4n) is 1.36. The van der Waals surface area contributed by atoms with Gasteiger partial charge in [-0.25, -0.2) is 4.98 Å². The number of benzene rings is 1. The zero-order valence-electron chi connectivity index (χ0n) is 8.84. The molecule has 0 aliphatic rings. The van der Waals surface area contributed by atoms with Crippen molar-refractivity contribution in [1.29, 1.82) is 0 Å². The lowest BCUT2D eigenvalue weighted by Crippen LogP contribution is -1.96. The van der Waals surface area contributed by atoms with Gasteiger partial charge in [0, 0.05) is 24.7 Å². The Morgan fingerprint density at radius 2 is 2.06 bits per heavy atom. The summed E-state index contributed by atoms with van der Waals surface area (Å²) in [6.45, 7) is 0.587. The highest BCUT2D eigenvalue weighted by atomic mass is 32.2.